The van der Waals surface area contributed by atoms with Crippen molar-refractivity contribution >= 4 is 21.6 Å². The fraction of sp³-hybridized carbons (Fsp3) is 0.214. The van der Waals surface area contributed by atoms with Gasteiger partial charge in [-0.25, -0.2) is 28.2 Å². The minimum atomic E-state index is -3.59. The van der Waals surface area contributed by atoms with Gasteiger partial charge in [0.1, 0.15) is 4.90 Å². The summed E-state index contributed by atoms with van der Waals surface area (Å²) in [6.45, 7) is 3.22. The first kappa shape index (κ1) is 15.9. The van der Waals surface area contributed by atoms with Crippen molar-refractivity contribution < 1.29 is 17.9 Å². The van der Waals surface area contributed by atoms with Crippen LogP contribution in [0.25, 0.3) is 0 Å². The van der Waals surface area contributed by atoms with Crippen molar-refractivity contribution in [2.45, 2.75) is 18.7 Å². The number of aryl methyl sites for hydroxylation is 1. The number of aromatic nitrogens is 2. The van der Waals surface area contributed by atoms with Crippen LogP contribution in [0, 0.1) is 12.1 Å². The average Bonchev–Trinajstić information content (AvgIpc) is 2.50. The van der Waals surface area contributed by atoms with Crippen molar-refractivity contribution in [1.29, 1.82) is 0 Å². The third-order valence-corrected chi connectivity index (χ3v) is 4.76. The molecule has 0 saturated heterocycles. The number of pyridine rings is 2. The van der Waals surface area contributed by atoms with Gasteiger partial charge in [-0.3, -0.25) is 0 Å². The fourth-order valence-corrected chi connectivity index (χ4v) is 2.86. The highest BCUT2D eigenvalue weighted by Gasteiger charge is 2.25. The van der Waals surface area contributed by atoms with E-state index in [-0.39, 0.29) is 22.2 Å². The molecule has 7 nitrogen and oxygen atoms in total. The second-order valence-corrected chi connectivity index (χ2v) is 6.87. The van der Waals surface area contributed by atoms with Gasteiger partial charge < -0.3 is 5.21 Å². The highest BCUT2D eigenvalue weighted by Crippen LogP contribution is 2.16. The van der Waals surface area contributed by atoms with Crippen molar-refractivity contribution in [2.24, 2.45) is 0 Å². The van der Waals surface area contributed by atoms with E-state index in [2.05, 4.69) is 10.3 Å². The molecule has 0 aliphatic rings. The predicted octanol–water partition coefficient (Wildman–Crippen LogP) is 1.07. The molecular weight excluding hydrogens is 306 g/mol. The van der Waals surface area contributed by atoms with E-state index in [4.69, 9.17) is 0 Å². The molecule has 0 atom stereocenters. The third-order valence-electron chi connectivity index (χ3n) is 3.00. The molecule has 0 aliphatic heterocycles. The van der Waals surface area contributed by atoms with Crippen LogP contribution in [-0.2, 0) is 9.84 Å². The Hall–Kier alpha value is -2.48. The second kappa shape index (κ2) is 6.10. The fourth-order valence-electron chi connectivity index (χ4n) is 1.82. The quantitative estimate of drug-likeness (QED) is 0.670. The number of nitrogens with zero attached hydrogens (tertiary/aromatic N) is 2. The number of carbonyl (C=O) groups is 1. The summed E-state index contributed by atoms with van der Waals surface area (Å²) in [5.41, 5.74) is 0.505. The average molecular weight is 321 g/mol. The highest BCUT2D eigenvalue weighted by atomic mass is 32.2. The van der Waals surface area contributed by atoms with Crippen molar-refractivity contribution in [3.05, 3.63) is 53.1 Å². The van der Waals surface area contributed by atoms with Gasteiger partial charge in [0.05, 0.1) is 11.9 Å². The predicted molar refractivity (Wildman–Crippen MR) is 80.1 cm³/mol. The lowest BCUT2D eigenvalue weighted by atomic mass is 10.3. The van der Waals surface area contributed by atoms with E-state index in [9.17, 15) is 18.4 Å². The Balaban J connectivity index is 2.39. The van der Waals surface area contributed by atoms with Gasteiger partial charge in [-0.15, -0.1) is 0 Å². The molecule has 2 aromatic rings. The topological polar surface area (TPSA) is 103 Å². The first-order chi connectivity index (χ1) is 10.3. The maximum atomic E-state index is 12.2. The lowest BCUT2D eigenvalue weighted by Crippen LogP contribution is -2.33. The standard InChI is InChI=1S/C14H15N3O4S/c1-3-22(20,21)11-5-4-8-15-13(11)14(18)16-12-7-6-10(2)9-17(12)19/h4-9H,3H2,1-2H3,(H,16,18). The normalized spacial score (nSPS) is 11.2. The summed E-state index contributed by atoms with van der Waals surface area (Å²) in [5, 5.41) is 14.1. The van der Waals surface area contributed by atoms with Crippen LogP contribution in [0.1, 0.15) is 23.0 Å². The molecule has 2 rings (SSSR count). The molecule has 0 spiro atoms. The van der Waals surface area contributed by atoms with E-state index < -0.39 is 15.7 Å². The molecule has 22 heavy (non-hydrogen) atoms. The van der Waals surface area contributed by atoms with Crippen molar-refractivity contribution in [3.63, 3.8) is 0 Å². The lowest BCUT2D eigenvalue weighted by Gasteiger charge is -2.09. The molecule has 0 aliphatic carbocycles. The van der Waals surface area contributed by atoms with Crippen molar-refractivity contribution in [2.75, 3.05) is 11.1 Å². The number of anilines is 1. The highest BCUT2D eigenvalue weighted by molar-refractivity contribution is 7.91. The number of hydrogen-bond donors (Lipinski definition) is 1. The van der Waals surface area contributed by atoms with Crippen LogP contribution in [0.15, 0.2) is 41.6 Å². The summed E-state index contributed by atoms with van der Waals surface area (Å²) >= 11 is 0. The molecule has 116 valence electrons. The second-order valence-electron chi connectivity index (χ2n) is 4.63. The summed E-state index contributed by atoms with van der Waals surface area (Å²) in [4.78, 5) is 15.9. The largest absolute Gasteiger partial charge is 0.711 e. The third kappa shape index (κ3) is 3.22. The number of carbonyl (C=O) groups excluding carboxylic acids is 1. The van der Waals surface area contributed by atoms with Gasteiger partial charge in [0.2, 0.25) is 0 Å². The zero-order valence-electron chi connectivity index (χ0n) is 12.1. The van der Waals surface area contributed by atoms with Crippen LogP contribution in [0.5, 0.6) is 0 Å². The molecule has 0 bridgehead atoms. The zero-order chi connectivity index (χ0) is 16.3. The Morgan fingerprint density at radius 3 is 2.73 bits per heavy atom. The Bertz CT molecular complexity index is 819. The van der Waals surface area contributed by atoms with Crippen molar-refractivity contribution in [3.8, 4) is 0 Å². The molecule has 1 N–H and O–H groups in total. The van der Waals surface area contributed by atoms with Gasteiger partial charge in [0, 0.05) is 12.3 Å². The van der Waals surface area contributed by atoms with Crippen LogP contribution in [-0.4, -0.2) is 25.1 Å². The van der Waals surface area contributed by atoms with Crippen LogP contribution >= 0.6 is 0 Å². The van der Waals surface area contributed by atoms with E-state index >= 15 is 0 Å². The molecule has 0 unspecified atom stereocenters. The molecule has 1 amide bonds. The first-order valence-electron chi connectivity index (χ1n) is 6.54. The molecular formula is C14H15N3O4S. The Labute approximate surface area is 128 Å². The van der Waals surface area contributed by atoms with E-state index in [0.717, 1.165) is 5.56 Å². The van der Waals surface area contributed by atoms with Gasteiger partial charge in [-0.1, -0.05) is 6.92 Å². The smallest absolute Gasteiger partial charge is 0.358 e. The number of hydrogen-bond acceptors (Lipinski definition) is 5. The first-order valence-corrected chi connectivity index (χ1v) is 8.19. The zero-order valence-corrected chi connectivity index (χ0v) is 12.9. The van der Waals surface area contributed by atoms with Gasteiger partial charge in [0.15, 0.2) is 15.5 Å². The molecule has 2 heterocycles. The van der Waals surface area contributed by atoms with Gasteiger partial charge in [-0.05, 0) is 30.7 Å². The van der Waals surface area contributed by atoms with Crippen LogP contribution in [0.2, 0.25) is 0 Å². The number of sulfone groups is 1. The molecule has 0 fully saturated rings. The van der Waals surface area contributed by atoms with E-state index in [0.29, 0.717) is 4.73 Å². The number of rotatable bonds is 4. The molecule has 8 heteroatoms. The van der Waals surface area contributed by atoms with Crippen molar-refractivity contribution in [1.82, 2.24) is 4.98 Å². The van der Waals surface area contributed by atoms with Crippen LogP contribution in [0.4, 0.5) is 5.82 Å². The van der Waals surface area contributed by atoms with E-state index in [1.54, 1.807) is 13.0 Å². The van der Waals surface area contributed by atoms with Crippen LogP contribution in [0.3, 0.4) is 0 Å². The molecule has 2 aromatic heterocycles. The maximum absolute atomic E-state index is 12.2. The van der Waals surface area contributed by atoms with Gasteiger partial charge >= 0.3 is 5.91 Å². The van der Waals surface area contributed by atoms with E-state index in [1.807, 2.05) is 0 Å². The summed E-state index contributed by atoms with van der Waals surface area (Å²) in [5.74, 6) is -0.896. The Morgan fingerprint density at radius 1 is 1.36 bits per heavy atom. The summed E-state index contributed by atoms with van der Waals surface area (Å²) in [6, 6.07) is 5.86. The van der Waals surface area contributed by atoms with E-state index in [1.165, 1.54) is 37.5 Å². The monoisotopic (exact) mass is 321 g/mol. The van der Waals surface area contributed by atoms with Gasteiger partial charge in [-0.2, -0.15) is 0 Å². The Kier molecular flexibility index (Phi) is 4.41. The maximum Gasteiger partial charge on any atom is 0.358 e. The SMILES string of the molecule is CCS(=O)(=O)c1cccnc1C(=O)Nc1ccc(C)c[n+]1[O-]. The molecule has 0 saturated carbocycles. The van der Waals surface area contributed by atoms with Gasteiger partial charge in [0.25, 0.3) is 5.82 Å². The Morgan fingerprint density at radius 2 is 2.09 bits per heavy atom. The minimum absolute atomic E-state index is 0.00102. The number of amides is 1. The minimum Gasteiger partial charge on any atom is -0.711 e. The summed E-state index contributed by atoms with van der Waals surface area (Å²) in [6.07, 6.45) is 2.63. The van der Waals surface area contributed by atoms with Crippen LogP contribution < -0.4 is 10.0 Å². The molecule has 0 radical (unpaired) electrons. The summed E-state index contributed by atoms with van der Waals surface area (Å²) in [7, 11) is -3.59. The lowest BCUT2D eigenvalue weighted by molar-refractivity contribution is -0.590. The molecule has 0 aromatic carbocycles. The number of nitrogens with one attached hydrogen (secondary N) is 1. The summed E-state index contributed by atoms with van der Waals surface area (Å²) < 4.78 is 24.5.